The Balaban J connectivity index is 1.82. The van der Waals surface area contributed by atoms with Gasteiger partial charge in [0.2, 0.25) is 0 Å². The number of nitrogens with two attached hydrogens (primary N) is 1. The molecule has 5 nitrogen and oxygen atoms in total. The molecule has 1 aliphatic carbocycles. The first-order valence-electron chi connectivity index (χ1n) is 7.14. The van der Waals surface area contributed by atoms with E-state index in [4.69, 9.17) is 10.5 Å². The number of urea groups is 1. The van der Waals surface area contributed by atoms with Crippen molar-refractivity contribution >= 4 is 6.03 Å². The van der Waals surface area contributed by atoms with E-state index in [1.54, 1.807) is 0 Å². The predicted octanol–water partition coefficient (Wildman–Crippen LogP) is 0.936. The molecule has 18 heavy (non-hydrogen) atoms. The summed E-state index contributed by atoms with van der Waals surface area (Å²) in [7, 11) is 0. The number of nitrogens with one attached hydrogen (secondary N) is 1. The van der Waals surface area contributed by atoms with Gasteiger partial charge in [0.15, 0.2) is 0 Å². The minimum absolute atomic E-state index is 0.0272. The summed E-state index contributed by atoms with van der Waals surface area (Å²) in [4.78, 5) is 13.9. The van der Waals surface area contributed by atoms with E-state index in [1.165, 1.54) is 32.1 Å². The fourth-order valence-corrected chi connectivity index (χ4v) is 2.92. The molecule has 1 saturated carbocycles. The first-order chi connectivity index (χ1) is 8.81. The second kappa shape index (κ2) is 6.95. The molecule has 104 valence electrons. The van der Waals surface area contributed by atoms with Crippen LogP contribution in [0.5, 0.6) is 0 Å². The van der Waals surface area contributed by atoms with Crippen LogP contribution in [-0.2, 0) is 4.74 Å². The molecule has 2 fully saturated rings. The highest BCUT2D eigenvalue weighted by molar-refractivity contribution is 5.74. The van der Waals surface area contributed by atoms with E-state index in [0.717, 1.165) is 0 Å². The standard InChI is InChI=1S/C13H25N3O2/c14-10-12(11-4-2-1-3-5-11)15-13(17)16-6-8-18-9-7-16/h11-12H,1-10,14H2,(H,15,17). The highest BCUT2D eigenvalue weighted by atomic mass is 16.5. The lowest BCUT2D eigenvalue weighted by Crippen LogP contribution is -2.53. The summed E-state index contributed by atoms with van der Waals surface area (Å²) in [5, 5.41) is 3.11. The number of morpholine rings is 1. The maximum absolute atomic E-state index is 12.1. The lowest BCUT2D eigenvalue weighted by atomic mass is 9.84. The van der Waals surface area contributed by atoms with Crippen molar-refractivity contribution in [1.82, 2.24) is 10.2 Å². The second-order valence-electron chi connectivity index (χ2n) is 5.29. The number of hydrogen-bond acceptors (Lipinski definition) is 3. The molecule has 5 heteroatoms. The van der Waals surface area contributed by atoms with Gasteiger partial charge in [-0.25, -0.2) is 4.79 Å². The number of ether oxygens (including phenoxy) is 1. The Bertz CT molecular complexity index is 261. The molecule has 1 atom stereocenters. The van der Waals surface area contributed by atoms with Crippen molar-refractivity contribution < 1.29 is 9.53 Å². The molecule has 1 unspecified atom stereocenters. The van der Waals surface area contributed by atoms with E-state index in [9.17, 15) is 4.79 Å². The van der Waals surface area contributed by atoms with Gasteiger partial charge in [-0.3, -0.25) is 0 Å². The largest absolute Gasteiger partial charge is 0.378 e. The van der Waals surface area contributed by atoms with E-state index in [2.05, 4.69) is 5.32 Å². The summed E-state index contributed by atoms with van der Waals surface area (Å²) in [5.74, 6) is 0.564. The van der Waals surface area contributed by atoms with Crippen molar-refractivity contribution in [2.75, 3.05) is 32.8 Å². The summed E-state index contributed by atoms with van der Waals surface area (Å²) < 4.78 is 5.25. The van der Waals surface area contributed by atoms with E-state index >= 15 is 0 Å². The molecular weight excluding hydrogens is 230 g/mol. The molecule has 0 bridgehead atoms. The summed E-state index contributed by atoms with van der Waals surface area (Å²) in [6.07, 6.45) is 6.27. The van der Waals surface area contributed by atoms with Gasteiger partial charge < -0.3 is 20.7 Å². The van der Waals surface area contributed by atoms with Gasteiger partial charge in [-0.1, -0.05) is 19.3 Å². The van der Waals surface area contributed by atoms with Crippen LogP contribution in [0.15, 0.2) is 0 Å². The van der Waals surface area contributed by atoms with E-state index in [0.29, 0.717) is 38.8 Å². The molecule has 1 aliphatic heterocycles. The van der Waals surface area contributed by atoms with Gasteiger partial charge in [0.1, 0.15) is 0 Å². The zero-order valence-electron chi connectivity index (χ0n) is 11.1. The van der Waals surface area contributed by atoms with E-state index in [-0.39, 0.29) is 12.1 Å². The maximum Gasteiger partial charge on any atom is 0.317 e. The topological polar surface area (TPSA) is 67.6 Å². The summed E-state index contributed by atoms with van der Waals surface area (Å²) in [6.45, 7) is 3.20. The summed E-state index contributed by atoms with van der Waals surface area (Å²) >= 11 is 0. The number of hydrogen-bond donors (Lipinski definition) is 2. The average Bonchev–Trinajstić information content (AvgIpc) is 2.46. The molecule has 0 spiro atoms. The maximum atomic E-state index is 12.1. The molecule has 0 aromatic carbocycles. The Morgan fingerprint density at radius 1 is 1.28 bits per heavy atom. The molecule has 2 aliphatic rings. The molecule has 0 aromatic rings. The van der Waals surface area contributed by atoms with Gasteiger partial charge in [0.25, 0.3) is 0 Å². The quantitative estimate of drug-likeness (QED) is 0.788. The molecule has 0 radical (unpaired) electrons. The minimum Gasteiger partial charge on any atom is -0.378 e. The molecule has 3 N–H and O–H groups in total. The van der Waals surface area contributed by atoms with Crippen molar-refractivity contribution in [1.29, 1.82) is 0 Å². The van der Waals surface area contributed by atoms with Crippen LogP contribution in [0.4, 0.5) is 4.79 Å². The Morgan fingerprint density at radius 2 is 1.94 bits per heavy atom. The molecule has 1 heterocycles. The average molecular weight is 255 g/mol. The molecule has 1 saturated heterocycles. The number of carbonyl (C=O) groups is 1. The molecular formula is C13H25N3O2. The number of rotatable bonds is 3. The zero-order valence-corrected chi connectivity index (χ0v) is 11.1. The first kappa shape index (κ1) is 13.6. The molecule has 2 amide bonds. The van der Waals surface area contributed by atoms with Crippen LogP contribution in [0.3, 0.4) is 0 Å². The second-order valence-corrected chi connectivity index (χ2v) is 5.29. The summed E-state index contributed by atoms with van der Waals surface area (Å²) in [5.41, 5.74) is 5.82. The smallest absolute Gasteiger partial charge is 0.317 e. The zero-order chi connectivity index (χ0) is 12.8. The van der Waals surface area contributed by atoms with Crippen LogP contribution in [0.2, 0.25) is 0 Å². The van der Waals surface area contributed by atoms with E-state index in [1.807, 2.05) is 4.90 Å². The Morgan fingerprint density at radius 3 is 2.56 bits per heavy atom. The Kier molecular flexibility index (Phi) is 5.26. The first-order valence-corrected chi connectivity index (χ1v) is 7.14. The Labute approximate surface area is 109 Å². The van der Waals surface area contributed by atoms with Crippen LogP contribution < -0.4 is 11.1 Å². The normalized spacial score (nSPS) is 23.7. The fourth-order valence-electron chi connectivity index (χ4n) is 2.92. The number of carbonyl (C=O) groups excluding carboxylic acids is 1. The van der Waals surface area contributed by atoms with Crippen LogP contribution in [-0.4, -0.2) is 49.8 Å². The van der Waals surface area contributed by atoms with Crippen LogP contribution in [0.1, 0.15) is 32.1 Å². The lowest BCUT2D eigenvalue weighted by Gasteiger charge is -2.33. The van der Waals surface area contributed by atoms with Crippen molar-refractivity contribution in [3.63, 3.8) is 0 Å². The molecule has 2 rings (SSSR count). The number of nitrogens with zero attached hydrogens (tertiary/aromatic N) is 1. The third kappa shape index (κ3) is 3.59. The van der Waals surface area contributed by atoms with Crippen LogP contribution in [0.25, 0.3) is 0 Å². The summed E-state index contributed by atoms with van der Waals surface area (Å²) in [6, 6.07) is 0.167. The van der Waals surface area contributed by atoms with E-state index < -0.39 is 0 Å². The van der Waals surface area contributed by atoms with Gasteiger partial charge in [-0.15, -0.1) is 0 Å². The van der Waals surface area contributed by atoms with Gasteiger partial charge in [-0.05, 0) is 18.8 Å². The molecule has 0 aromatic heterocycles. The third-order valence-corrected chi connectivity index (χ3v) is 4.08. The van der Waals surface area contributed by atoms with Gasteiger partial charge >= 0.3 is 6.03 Å². The highest BCUT2D eigenvalue weighted by Gasteiger charge is 2.26. The van der Waals surface area contributed by atoms with Crippen molar-refractivity contribution in [3.05, 3.63) is 0 Å². The number of amides is 2. The van der Waals surface area contributed by atoms with Crippen molar-refractivity contribution in [2.45, 2.75) is 38.1 Å². The van der Waals surface area contributed by atoms with Crippen LogP contribution >= 0.6 is 0 Å². The monoisotopic (exact) mass is 255 g/mol. The van der Waals surface area contributed by atoms with Gasteiger partial charge in [0, 0.05) is 25.7 Å². The highest BCUT2D eigenvalue weighted by Crippen LogP contribution is 2.26. The SMILES string of the molecule is NCC(NC(=O)N1CCOCC1)C1CCCCC1. The van der Waals surface area contributed by atoms with Gasteiger partial charge in [0.05, 0.1) is 13.2 Å². The van der Waals surface area contributed by atoms with Gasteiger partial charge in [-0.2, -0.15) is 0 Å². The lowest BCUT2D eigenvalue weighted by molar-refractivity contribution is 0.0517. The van der Waals surface area contributed by atoms with Crippen molar-refractivity contribution in [3.8, 4) is 0 Å². The predicted molar refractivity (Wildman–Crippen MR) is 70.3 cm³/mol. The third-order valence-electron chi connectivity index (χ3n) is 4.08. The Hall–Kier alpha value is -0.810. The van der Waals surface area contributed by atoms with Crippen LogP contribution in [0, 0.1) is 5.92 Å². The minimum atomic E-state index is 0.0272. The van der Waals surface area contributed by atoms with Crippen molar-refractivity contribution in [2.24, 2.45) is 11.7 Å². The fraction of sp³-hybridized carbons (Fsp3) is 0.923.